The number of aryl methyl sites for hydroxylation is 2. The first-order valence-corrected chi connectivity index (χ1v) is 7.81. The largest absolute Gasteiger partial charge is 0.483 e. The molecule has 1 aliphatic rings. The molecule has 122 valence electrons. The SMILES string of the molecule is Cc1noc(C2CCN(C(=O)COc3cccc(C)c3C)C2)n1. The molecule has 1 aromatic carbocycles. The zero-order valence-corrected chi connectivity index (χ0v) is 13.7. The predicted molar refractivity (Wildman–Crippen MR) is 84.4 cm³/mol. The third-order valence-corrected chi connectivity index (χ3v) is 4.34. The van der Waals surface area contributed by atoms with E-state index in [1.807, 2.05) is 32.0 Å². The van der Waals surface area contributed by atoms with Crippen LogP contribution in [0.15, 0.2) is 22.7 Å². The molecule has 1 amide bonds. The number of nitrogens with zero attached hydrogens (tertiary/aromatic N) is 3. The fourth-order valence-electron chi connectivity index (χ4n) is 2.78. The molecule has 1 fully saturated rings. The molecule has 0 radical (unpaired) electrons. The van der Waals surface area contributed by atoms with Crippen LogP contribution in [0.25, 0.3) is 0 Å². The number of carbonyl (C=O) groups excluding carboxylic acids is 1. The van der Waals surface area contributed by atoms with Gasteiger partial charge in [0.2, 0.25) is 5.89 Å². The van der Waals surface area contributed by atoms with E-state index in [2.05, 4.69) is 10.1 Å². The van der Waals surface area contributed by atoms with E-state index in [1.54, 1.807) is 11.8 Å². The summed E-state index contributed by atoms with van der Waals surface area (Å²) in [6, 6.07) is 5.86. The summed E-state index contributed by atoms with van der Waals surface area (Å²) in [6.07, 6.45) is 0.844. The third kappa shape index (κ3) is 3.36. The van der Waals surface area contributed by atoms with Gasteiger partial charge in [-0.1, -0.05) is 17.3 Å². The Kier molecular flexibility index (Phi) is 4.32. The Morgan fingerprint density at radius 3 is 2.96 bits per heavy atom. The molecule has 3 rings (SSSR count). The number of aromatic nitrogens is 2. The van der Waals surface area contributed by atoms with Crippen molar-refractivity contribution in [1.29, 1.82) is 0 Å². The van der Waals surface area contributed by atoms with E-state index in [0.717, 1.165) is 23.3 Å². The number of rotatable bonds is 4. The average molecular weight is 315 g/mol. The number of ether oxygens (including phenoxy) is 1. The van der Waals surface area contributed by atoms with Crippen LogP contribution in [0.2, 0.25) is 0 Å². The summed E-state index contributed by atoms with van der Waals surface area (Å²) in [7, 11) is 0. The van der Waals surface area contributed by atoms with Crippen LogP contribution in [0.1, 0.15) is 35.2 Å². The fourth-order valence-corrected chi connectivity index (χ4v) is 2.78. The molecule has 0 aliphatic carbocycles. The Labute approximate surface area is 135 Å². The van der Waals surface area contributed by atoms with Gasteiger partial charge < -0.3 is 14.2 Å². The highest BCUT2D eigenvalue weighted by atomic mass is 16.5. The van der Waals surface area contributed by atoms with Crippen molar-refractivity contribution < 1.29 is 14.1 Å². The van der Waals surface area contributed by atoms with Gasteiger partial charge in [-0.05, 0) is 44.4 Å². The van der Waals surface area contributed by atoms with E-state index in [-0.39, 0.29) is 18.4 Å². The molecule has 23 heavy (non-hydrogen) atoms. The average Bonchev–Trinajstić information content (AvgIpc) is 3.17. The summed E-state index contributed by atoms with van der Waals surface area (Å²) in [6.45, 7) is 7.18. The maximum Gasteiger partial charge on any atom is 0.260 e. The molecule has 1 unspecified atom stereocenters. The second-order valence-corrected chi connectivity index (χ2v) is 5.99. The fraction of sp³-hybridized carbons (Fsp3) is 0.471. The quantitative estimate of drug-likeness (QED) is 0.866. The van der Waals surface area contributed by atoms with Crippen LogP contribution in [0.4, 0.5) is 0 Å². The highest BCUT2D eigenvalue weighted by Gasteiger charge is 2.31. The molecule has 0 saturated carbocycles. The monoisotopic (exact) mass is 315 g/mol. The van der Waals surface area contributed by atoms with E-state index in [0.29, 0.717) is 24.8 Å². The molecule has 1 aromatic heterocycles. The van der Waals surface area contributed by atoms with Crippen LogP contribution in [0.5, 0.6) is 5.75 Å². The molecule has 2 aromatic rings. The van der Waals surface area contributed by atoms with Gasteiger partial charge >= 0.3 is 0 Å². The summed E-state index contributed by atoms with van der Waals surface area (Å²) in [5, 5.41) is 3.81. The first-order chi connectivity index (χ1) is 11.0. The molecule has 6 nitrogen and oxygen atoms in total. The number of hydrogen-bond donors (Lipinski definition) is 0. The van der Waals surface area contributed by atoms with Crippen molar-refractivity contribution >= 4 is 5.91 Å². The van der Waals surface area contributed by atoms with Crippen molar-refractivity contribution in [3.05, 3.63) is 41.0 Å². The van der Waals surface area contributed by atoms with Crippen LogP contribution in [-0.2, 0) is 4.79 Å². The van der Waals surface area contributed by atoms with E-state index in [9.17, 15) is 4.79 Å². The lowest BCUT2D eigenvalue weighted by atomic mass is 10.1. The van der Waals surface area contributed by atoms with E-state index < -0.39 is 0 Å². The Morgan fingerprint density at radius 1 is 1.39 bits per heavy atom. The van der Waals surface area contributed by atoms with Gasteiger partial charge in [0.25, 0.3) is 5.91 Å². The maximum absolute atomic E-state index is 12.3. The van der Waals surface area contributed by atoms with Gasteiger partial charge in [-0.2, -0.15) is 4.98 Å². The molecule has 2 heterocycles. The highest BCUT2D eigenvalue weighted by Crippen LogP contribution is 2.26. The third-order valence-electron chi connectivity index (χ3n) is 4.34. The minimum absolute atomic E-state index is 0.00959. The highest BCUT2D eigenvalue weighted by molar-refractivity contribution is 5.78. The molecule has 0 bridgehead atoms. The van der Waals surface area contributed by atoms with Crippen LogP contribution in [0, 0.1) is 20.8 Å². The Hall–Kier alpha value is -2.37. The van der Waals surface area contributed by atoms with Crippen LogP contribution < -0.4 is 4.74 Å². The number of hydrogen-bond acceptors (Lipinski definition) is 5. The second kappa shape index (κ2) is 6.40. The molecule has 1 aliphatic heterocycles. The van der Waals surface area contributed by atoms with Crippen molar-refractivity contribution in [1.82, 2.24) is 15.0 Å². The topological polar surface area (TPSA) is 68.5 Å². The van der Waals surface area contributed by atoms with Crippen molar-refractivity contribution in [3.8, 4) is 5.75 Å². The molecule has 0 N–H and O–H groups in total. The van der Waals surface area contributed by atoms with Gasteiger partial charge in [0.15, 0.2) is 12.4 Å². The first-order valence-electron chi connectivity index (χ1n) is 7.81. The molecule has 6 heteroatoms. The lowest BCUT2D eigenvalue weighted by molar-refractivity contribution is -0.132. The summed E-state index contributed by atoms with van der Waals surface area (Å²) in [5.74, 6) is 2.13. The van der Waals surface area contributed by atoms with Crippen molar-refractivity contribution in [2.75, 3.05) is 19.7 Å². The van der Waals surface area contributed by atoms with Gasteiger partial charge in [-0.25, -0.2) is 0 Å². The van der Waals surface area contributed by atoms with E-state index in [4.69, 9.17) is 9.26 Å². The summed E-state index contributed by atoms with van der Waals surface area (Å²) in [5.41, 5.74) is 2.23. The second-order valence-electron chi connectivity index (χ2n) is 5.99. The van der Waals surface area contributed by atoms with Crippen molar-refractivity contribution in [2.24, 2.45) is 0 Å². The molecule has 0 spiro atoms. The number of carbonyl (C=O) groups is 1. The Morgan fingerprint density at radius 2 is 2.22 bits per heavy atom. The molecule has 1 saturated heterocycles. The summed E-state index contributed by atoms with van der Waals surface area (Å²) < 4.78 is 10.9. The summed E-state index contributed by atoms with van der Waals surface area (Å²) in [4.78, 5) is 18.4. The smallest absolute Gasteiger partial charge is 0.260 e. The van der Waals surface area contributed by atoms with E-state index in [1.165, 1.54) is 0 Å². The van der Waals surface area contributed by atoms with Crippen LogP contribution in [0.3, 0.4) is 0 Å². The Balaban J connectivity index is 1.56. The number of benzene rings is 1. The molecule has 1 atom stereocenters. The van der Waals surface area contributed by atoms with Gasteiger partial charge in [-0.3, -0.25) is 4.79 Å². The minimum atomic E-state index is -0.00959. The maximum atomic E-state index is 12.3. The molecular formula is C17H21N3O3. The molecular weight excluding hydrogens is 294 g/mol. The standard InChI is InChI=1S/C17H21N3O3/c1-11-5-4-6-15(12(11)2)22-10-16(21)20-8-7-14(9-20)17-18-13(3)19-23-17/h4-6,14H,7-10H2,1-3H3. The number of amides is 1. The zero-order valence-electron chi connectivity index (χ0n) is 13.7. The predicted octanol–water partition coefficient (Wildman–Crippen LogP) is 2.39. The van der Waals surface area contributed by atoms with Gasteiger partial charge in [-0.15, -0.1) is 0 Å². The van der Waals surface area contributed by atoms with Crippen molar-refractivity contribution in [2.45, 2.75) is 33.1 Å². The first kappa shape index (κ1) is 15.5. The minimum Gasteiger partial charge on any atom is -0.483 e. The van der Waals surface area contributed by atoms with Crippen molar-refractivity contribution in [3.63, 3.8) is 0 Å². The summed E-state index contributed by atoms with van der Waals surface area (Å²) >= 11 is 0. The van der Waals surface area contributed by atoms with Gasteiger partial charge in [0, 0.05) is 13.1 Å². The van der Waals surface area contributed by atoms with Crippen LogP contribution >= 0.6 is 0 Å². The lowest BCUT2D eigenvalue weighted by Crippen LogP contribution is -2.33. The van der Waals surface area contributed by atoms with Crippen LogP contribution in [-0.4, -0.2) is 40.6 Å². The van der Waals surface area contributed by atoms with Gasteiger partial charge in [0.05, 0.1) is 5.92 Å². The lowest BCUT2D eigenvalue weighted by Gasteiger charge is -2.17. The van der Waals surface area contributed by atoms with E-state index >= 15 is 0 Å². The zero-order chi connectivity index (χ0) is 16.4. The number of likely N-dealkylation sites (tertiary alicyclic amines) is 1. The van der Waals surface area contributed by atoms with Gasteiger partial charge in [0.1, 0.15) is 5.75 Å². The normalized spacial score (nSPS) is 17.5. The Bertz CT molecular complexity index is 711.